The van der Waals surface area contributed by atoms with Crippen LogP contribution in [0.2, 0.25) is 0 Å². The van der Waals surface area contributed by atoms with Gasteiger partial charge in [-0.25, -0.2) is 0 Å². The van der Waals surface area contributed by atoms with E-state index in [2.05, 4.69) is 37.2 Å². The van der Waals surface area contributed by atoms with Crippen LogP contribution in [0.1, 0.15) is 25.7 Å². The third kappa shape index (κ3) is 4.37. The van der Waals surface area contributed by atoms with Gasteiger partial charge in [0.1, 0.15) is 6.54 Å². The van der Waals surface area contributed by atoms with E-state index in [4.69, 9.17) is 0 Å². The molecule has 2 aromatic heterocycles. The van der Waals surface area contributed by atoms with Gasteiger partial charge in [-0.1, -0.05) is 12.8 Å². The Hall–Kier alpha value is -2.64. The zero-order valence-corrected chi connectivity index (χ0v) is 15.7. The lowest BCUT2D eigenvalue weighted by Crippen LogP contribution is -2.50. The molecule has 0 aliphatic carbocycles. The van der Waals surface area contributed by atoms with E-state index in [1.165, 1.54) is 25.7 Å². The number of carbonyl (C=O) groups is 1. The molecule has 0 atom stereocenters. The number of anilines is 2. The van der Waals surface area contributed by atoms with E-state index in [9.17, 15) is 4.79 Å². The molecule has 1 amide bonds. The summed E-state index contributed by atoms with van der Waals surface area (Å²) in [5.41, 5.74) is 0. The van der Waals surface area contributed by atoms with Crippen LogP contribution in [0.4, 0.5) is 11.6 Å². The first-order valence-corrected chi connectivity index (χ1v) is 9.88. The summed E-state index contributed by atoms with van der Waals surface area (Å²) in [6.07, 6.45) is 8.60. The van der Waals surface area contributed by atoms with Gasteiger partial charge >= 0.3 is 0 Å². The summed E-state index contributed by atoms with van der Waals surface area (Å²) in [6.45, 7) is 5.42. The van der Waals surface area contributed by atoms with E-state index in [0.717, 1.165) is 37.8 Å². The molecule has 4 heterocycles. The molecule has 0 unspecified atom stereocenters. The van der Waals surface area contributed by atoms with Crippen molar-refractivity contribution < 1.29 is 4.79 Å². The minimum atomic E-state index is 0.112. The van der Waals surface area contributed by atoms with Gasteiger partial charge < -0.3 is 14.7 Å². The van der Waals surface area contributed by atoms with Crippen molar-refractivity contribution in [2.75, 3.05) is 49.1 Å². The second kappa shape index (κ2) is 8.37. The summed E-state index contributed by atoms with van der Waals surface area (Å²) < 4.78 is 1.67. The quantitative estimate of drug-likeness (QED) is 0.811. The molecular weight excluding hydrogens is 342 g/mol. The summed E-state index contributed by atoms with van der Waals surface area (Å²) in [7, 11) is 0. The Morgan fingerprint density at radius 1 is 0.852 bits per heavy atom. The minimum absolute atomic E-state index is 0.112. The highest BCUT2D eigenvalue weighted by molar-refractivity contribution is 5.76. The SMILES string of the molecule is O=C(Cn1cccn1)N1CCN(c2ccc(N3CCCCCC3)nn2)CC1. The van der Waals surface area contributed by atoms with Gasteiger partial charge in [0.15, 0.2) is 11.6 Å². The molecule has 0 aromatic carbocycles. The number of hydrogen-bond acceptors (Lipinski definition) is 6. The highest BCUT2D eigenvalue weighted by Crippen LogP contribution is 2.19. The number of piperazine rings is 1. The van der Waals surface area contributed by atoms with E-state index < -0.39 is 0 Å². The van der Waals surface area contributed by atoms with Crippen molar-refractivity contribution >= 4 is 17.5 Å². The van der Waals surface area contributed by atoms with E-state index in [1.807, 2.05) is 17.2 Å². The largest absolute Gasteiger partial charge is 0.355 e. The highest BCUT2D eigenvalue weighted by Gasteiger charge is 2.22. The van der Waals surface area contributed by atoms with Gasteiger partial charge in [-0.05, 0) is 31.0 Å². The van der Waals surface area contributed by atoms with E-state index in [0.29, 0.717) is 19.6 Å². The van der Waals surface area contributed by atoms with Crippen LogP contribution in [0.5, 0.6) is 0 Å². The monoisotopic (exact) mass is 369 g/mol. The van der Waals surface area contributed by atoms with Crippen LogP contribution in [-0.2, 0) is 11.3 Å². The predicted molar refractivity (Wildman–Crippen MR) is 104 cm³/mol. The first-order valence-electron chi connectivity index (χ1n) is 9.88. The van der Waals surface area contributed by atoms with Crippen LogP contribution in [0.3, 0.4) is 0 Å². The van der Waals surface area contributed by atoms with Gasteiger partial charge in [-0.2, -0.15) is 5.10 Å². The van der Waals surface area contributed by atoms with Crippen LogP contribution in [0.25, 0.3) is 0 Å². The molecule has 4 rings (SSSR count). The number of carbonyl (C=O) groups excluding carboxylic acids is 1. The Morgan fingerprint density at radius 2 is 1.48 bits per heavy atom. The van der Waals surface area contributed by atoms with Gasteiger partial charge in [0.2, 0.25) is 5.91 Å². The first-order chi connectivity index (χ1) is 13.3. The predicted octanol–water partition coefficient (Wildman–Crippen LogP) is 1.40. The third-order valence-electron chi connectivity index (χ3n) is 5.38. The van der Waals surface area contributed by atoms with Crippen LogP contribution in [0.15, 0.2) is 30.6 Å². The first kappa shape index (κ1) is 17.8. The second-order valence-electron chi connectivity index (χ2n) is 7.22. The number of nitrogens with zero attached hydrogens (tertiary/aromatic N) is 7. The van der Waals surface area contributed by atoms with Crippen molar-refractivity contribution in [3.05, 3.63) is 30.6 Å². The molecular formula is C19H27N7O. The molecule has 0 saturated carbocycles. The maximum atomic E-state index is 12.4. The van der Waals surface area contributed by atoms with Crippen molar-refractivity contribution in [1.82, 2.24) is 24.9 Å². The van der Waals surface area contributed by atoms with Crippen LogP contribution in [0, 0.1) is 0 Å². The number of amides is 1. The normalized spacial score (nSPS) is 18.4. The number of rotatable bonds is 4. The van der Waals surface area contributed by atoms with Crippen LogP contribution >= 0.6 is 0 Å². The Kier molecular flexibility index (Phi) is 5.50. The molecule has 27 heavy (non-hydrogen) atoms. The molecule has 0 spiro atoms. The second-order valence-corrected chi connectivity index (χ2v) is 7.22. The topological polar surface area (TPSA) is 70.4 Å². The Bertz CT molecular complexity index is 715. The van der Waals surface area contributed by atoms with Crippen molar-refractivity contribution in [2.24, 2.45) is 0 Å². The van der Waals surface area contributed by atoms with E-state index >= 15 is 0 Å². The molecule has 2 saturated heterocycles. The van der Waals surface area contributed by atoms with E-state index in [1.54, 1.807) is 10.9 Å². The van der Waals surface area contributed by atoms with E-state index in [-0.39, 0.29) is 5.91 Å². The number of aromatic nitrogens is 4. The molecule has 0 bridgehead atoms. The lowest BCUT2D eigenvalue weighted by molar-refractivity contribution is -0.132. The highest BCUT2D eigenvalue weighted by atomic mass is 16.2. The summed E-state index contributed by atoms with van der Waals surface area (Å²) in [5, 5.41) is 13.0. The smallest absolute Gasteiger partial charge is 0.244 e. The Morgan fingerprint density at radius 3 is 2.04 bits per heavy atom. The van der Waals surface area contributed by atoms with Gasteiger partial charge in [0.05, 0.1) is 0 Å². The molecule has 0 N–H and O–H groups in total. The Balaban J connectivity index is 1.30. The third-order valence-corrected chi connectivity index (χ3v) is 5.38. The maximum Gasteiger partial charge on any atom is 0.244 e. The van der Waals surface area contributed by atoms with Crippen molar-refractivity contribution in [2.45, 2.75) is 32.2 Å². The Labute approximate surface area is 159 Å². The molecule has 8 heteroatoms. The average Bonchev–Trinajstić information content (AvgIpc) is 3.07. The van der Waals surface area contributed by atoms with Gasteiger partial charge in [0, 0.05) is 51.7 Å². The molecule has 144 valence electrons. The summed E-state index contributed by atoms with van der Waals surface area (Å²) in [4.78, 5) is 18.8. The molecule has 8 nitrogen and oxygen atoms in total. The molecule has 2 aromatic rings. The van der Waals surface area contributed by atoms with Crippen molar-refractivity contribution in [3.8, 4) is 0 Å². The molecule has 2 aliphatic heterocycles. The van der Waals surface area contributed by atoms with Crippen molar-refractivity contribution in [3.63, 3.8) is 0 Å². The van der Waals surface area contributed by atoms with Crippen molar-refractivity contribution in [1.29, 1.82) is 0 Å². The average molecular weight is 369 g/mol. The van der Waals surface area contributed by atoms with Crippen LogP contribution < -0.4 is 9.80 Å². The minimum Gasteiger partial charge on any atom is -0.355 e. The fourth-order valence-electron chi connectivity index (χ4n) is 3.77. The zero-order chi connectivity index (χ0) is 18.5. The molecule has 2 aliphatic rings. The lowest BCUT2D eigenvalue weighted by Gasteiger charge is -2.35. The summed E-state index contributed by atoms with van der Waals surface area (Å²) in [6, 6.07) is 5.98. The number of hydrogen-bond donors (Lipinski definition) is 0. The van der Waals surface area contributed by atoms with Gasteiger partial charge in [-0.3, -0.25) is 9.48 Å². The standard InChI is InChI=1S/C19H27N7O/c27-19(16-26-11-5-8-20-26)25-14-12-24(13-15-25)18-7-6-17(21-22-18)23-9-3-1-2-4-10-23/h5-8,11H,1-4,9-10,12-16H2. The zero-order valence-electron chi connectivity index (χ0n) is 15.7. The fraction of sp³-hybridized carbons (Fsp3) is 0.579. The van der Waals surface area contributed by atoms with Gasteiger partial charge in [-0.15, -0.1) is 10.2 Å². The maximum absolute atomic E-state index is 12.4. The fourth-order valence-corrected chi connectivity index (χ4v) is 3.77. The molecule has 2 fully saturated rings. The lowest BCUT2D eigenvalue weighted by atomic mass is 10.2. The van der Waals surface area contributed by atoms with Crippen LogP contribution in [-0.4, -0.2) is 70.1 Å². The van der Waals surface area contributed by atoms with Gasteiger partial charge in [0.25, 0.3) is 0 Å². The summed E-state index contributed by atoms with van der Waals surface area (Å²) in [5.74, 6) is 1.99. The molecule has 0 radical (unpaired) electrons. The summed E-state index contributed by atoms with van der Waals surface area (Å²) >= 11 is 0.